The second-order valence-electron chi connectivity index (χ2n) is 5.93. The molecule has 1 N–H and O–H groups in total. The molecule has 2 aromatic carbocycles. The standard InChI is InChI=1S/C21H22N2O2/c24-15-14-18-8-6-17(7-9-18)10-11-20-12-13-21(23-22-20)25-16-19-4-2-1-3-5-19/h1-9,12-13,24H,10-11,14-16H2. The van der Waals surface area contributed by atoms with Crippen LogP contribution in [0.1, 0.15) is 22.4 Å². The second kappa shape index (κ2) is 8.94. The van der Waals surface area contributed by atoms with Gasteiger partial charge in [0.25, 0.3) is 0 Å². The third-order valence-corrected chi connectivity index (χ3v) is 4.02. The molecule has 0 radical (unpaired) electrons. The minimum atomic E-state index is 0.188. The lowest BCUT2D eigenvalue weighted by Gasteiger charge is -2.06. The molecule has 25 heavy (non-hydrogen) atoms. The van der Waals surface area contributed by atoms with Crippen molar-refractivity contribution in [1.82, 2.24) is 10.2 Å². The molecule has 0 saturated carbocycles. The summed E-state index contributed by atoms with van der Waals surface area (Å²) >= 11 is 0. The topological polar surface area (TPSA) is 55.2 Å². The van der Waals surface area contributed by atoms with Crippen LogP contribution in [-0.2, 0) is 25.9 Å². The van der Waals surface area contributed by atoms with Crippen molar-refractivity contribution in [2.75, 3.05) is 6.61 Å². The van der Waals surface area contributed by atoms with E-state index in [4.69, 9.17) is 9.84 Å². The summed E-state index contributed by atoms with van der Waals surface area (Å²) in [6.45, 7) is 0.683. The molecule has 0 bridgehead atoms. The van der Waals surface area contributed by atoms with Gasteiger partial charge in [0.05, 0.1) is 5.69 Å². The zero-order valence-electron chi connectivity index (χ0n) is 14.1. The number of nitrogens with zero attached hydrogens (tertiary/aromatic N) is 2. The minimum absolute atomic E-state index is 0.188. The van der Waals surface area contributed by atoms with Gasteiger partial charge in [-0.1, -0.05) is 54.6 Å². The molecule has 3 rings (SSSR count). The Kier molecular flexibility index (Phi) is 6.12. The van der Waals surface area contributed by atoms with Crippen LogP contribution in [0.25, 0.3) is 0 Å². The van der Waals surface area contributed by atoms with Crippen molar-refractivity contribution in [1.29, 1.82) is 0 Å². The molecule has 0 spiro atoms. The lowest BCUT2D eigenvalue weighted by atomic mass is 10.0. The monoisotopic (exact) mass is 334 g/mol. The molecule has 0 atom stereocenters. The highest BCUT2D eigenvalue weighted by molar-refractivity contribution is 5.24. The molecule has 0 saturated heterocycles. The highest BCUT2D eigenvalue weighted by Gasteiger charge is 2.02. The fourth-order valence-corrected chi connectivity index (χ4v) is 2.56. The van der Waals surface area contributed by atoms with E-state index in [1.54, 1.807) is 0 Å². The van der Waals surface area contributed by atoms with Crippen LogP contribution in [0.3, 0.4) is 0 Å². The summed E-state index contributed by atoms with van der Waals surface area (Å²) in [6.07, 6.45) is 2.46. The van der Waals surface area contributed by atoms with Gasteiger partial charge in [0.15, 0.2) is 0 Å². The molecule has 4 nitrogen and oxygen atoms in total. The Morgan fingerprint density at radius 1 is 0.680 bits per heavy atom. The minimum Gasteiger partial charge on any atom is -0.472 e. The Morgan fingerprint density at radius 3 is 2.04 bits per heavy atom. The van der Waals surface area contributed by atoms with Crippen molar-refractivity contribution < 1.29 is 9.84 Å². The maximum absolute atomic E-state index is 8.94. The predicted octanol–water partition coefficient (Wildman–Crippen LogP) is 3.38. The summed E-state index contributed by atoms with van der Waals surface area (Å²) in [5.41, 5.74) is 4.48. The van der Waals surface area contributed by atoms with Gasteiger partial charge in [0.2, 0.25) is 5.88 Å². The third kappa shape index (κ3) is 5.40. The summed E-state index contributed by atoms with van der Waals surface area (Å²) in [7, 11) is 0. The molecular formula is C21H22N2O2. The van der Waals surface area contributed by atoms with Crippen molar-refractivity contribution in [2.24, 2.45) is 0 Å². The van der Waals surface area contributed by atoms with Crippen LogP contribution in [0.5, 0.6) is 5.88 Å². The molecule has 1 heterocycles. The Morgan fingerprint density at radius 2 is 1.40 bits per heavy atom. The van der Waals surface area contributed by atoms with Gasteiger partial charge in [-0.3, -0.25) is 0 Å². The number of aromatic nitrogens is 2. The van der Waals surface area contributed by atoms with E-state index in [1.807, 2.05) is 42.5 Å². The number of hydrogen-bond acceptors (Lipinski definition) is 4. The van der Waals surface area contributed by atoms with Crippen molar-refractivity contribution in [3.8, 4) is 5.88 Å². The molecule has 1 aromatic heterocycles. The van der Waals surface area contributed by atoms with E-state index in [0.29, 0.717) is 18.9 Å². The first-order valence-electron chi connectivity index (χ1n) is 8.51. The van der Waals surface area contributed by atoms with Crippen LogP contribution < -0.4 is 4.74 Å². The van der Waals surface area contributed by atoms with E-state index in [-0.39, 0.29) is 6.61 Å². The number of hydrogen-bond donors (Lipinski definition) is 1. The Labute approximate surface area is 148 Å². The maximum Gasteiger partial charge on any atom is 0.233 e. The molecule has 0 unspecified atom stereocenters. The van der Waals surface area contributed by atoms with Crippen molar-refractivity contribution >= 4 is 0 Å². The van der Waals surface area contributed by atoms with Crippen molar-refractivity contribution in [3.05, 3.63) is 89.1 Å². The highest BCUT2D eigenvalue weighted by atomic mass is 16.5. The lowest BCUT2D eigenvalue weighted by molar-refractivity contribution is 0.290. The number of benzene rings is 2. The molecule has 0 fully saturated rings. The van der Waals surface area contributed by atoms with Gasteiger partial charge in [0, 0.05) is 12.7 Å². The summed E-state index contributed by atoms with van der Waals surface area (Å²) in [6, 6.07) is 22.2. The molecule has 0 aliphatic carbocycles. The molecule has 3 aromatic rings. The molecular weight excluding hydrogens is 312 g/mol. The largest absolute Gasteiger partial charge is 0.472 e. The van der Waals surface area contributed by atoms with Gasteiger partial charge in [0.1, 0.15) is 6.61 Å². The third-order valence-electron chi connectivity index (χ3n) is 4.02. The first kappa shape index (κ1) is 17.1. The van der Waals surface area contributed by atoms with Crippen molar-refractivity contribution in [2.45, 2.75) is 25.9 Å². The van der Waals surface area contributed by atoms with Gasteiger partial charge in [-0.15, -0.1) is 5.10 Å². The number of aryl methyl sites for hydroxylation is 2. The fraction of sp³-hybridized carbons (Fsp3) is 0.238. The molecule has 0 aliphatic rings. The number of aliphatic hydroxyl groups excluding tert-OH is 1. The average Bonchev–Trinajstić information content (AvgIpc) is 2.68. The predicted molar refractivity (Wildman–Crippen MR) is 97.4 cm³/mol. The van der Waals surface area contributed by atoms with E-state index in [0.717, 1.165) is 29.7 Å². The normalized spacial score (nSPS) is 10.6. The molecule has 0 aliphatic heterocycles. The zero-order chi connectivity index (χ0) is 17.3. The second-order valence-corrected chi connectivity index (χ2v) is 5.93. The SMILES string of the molecule is OCCc1ccc(CCc2ccc(OCc3ccccc3)nn2)cc1. The molecule has 4 heteroatoms. The fourth-order valence-electron chi connectivity index (χ4n) is 2.56. The quantitative estimate of drug-likeness (QED) is 0.686. The highest BCUT2D eigenvalue weighted by Crippen LogP contribution is 2.11. The number of rotatable bonds is 8. The van der Waals surface area contributed by atoms with Gasteiger partial charge in [-0.25, -0.2) is 0 Å². The Bertz CT molecular complexity index is 756. The number of ether oxygens (including phenoxy) is 1. The molecule has 128 valence electrons. The van der Waals surface area contributed by atoms with Crippen LogP contribution >= 0.6 is 0 Å². The zero-order valence-corrected chi connectivity index (χ0v) is 14.1. The van der Waals surface area contributed by atoms with E-state index in [2.05, 4.69) is 34.5 Å². The van der Waals surface area contributed by atoms with Crippen molar-refractivity contribution in [3.63, 3.8) is 0 Å². The van der Waals surface area contributed by atoms with Gasteiger partial charge < -0.3 is 9.84 Å². The lowest BCUT2D eigenvalue weighted by Crippen LogP contribution is -2.01. The van der Waals surface area contributed by atoms with Crippen LogP contribution in [0.2, 0.25) is 0 Å². The maximum atomic E-state index is 8.94. The summed E-state index contributed by atoms with van der Waals surface area (Å²) in [5, 5.41) is 17.3. The van der Waals surface area contributed by atoms with Crippen LogP contribution in [0.4, 0.5) is 0 Å². The summed E-state index contributed by atoms with van der Waals surface area (Å²) in [5.74, 6) is 0.543. The van der Waals surface area contributed by atoms with E-state index < -0.39 is 0 Å². The Balaban J connectivity index is 1.48. The Hall–Kier alpha value is -2.72. The van der Waals surface area contributed by atoms with E-state index in [1.165, 1.54) is 5.56 Å². The summed E-state index contributed by atoms with van der Waals surface area (Å²) in [4.78, 5) is 0. The van der Waals surface area contributed by atoms with E-state index in [9.17, 15) is 0 Å². The van der Waals surface area contributed by atoms with Crippen LogP contribution in [-0.4, -0.2) is 21.9 Å². The van der Waals surface area contributed by atoms with Gasteiger partial charge >= 0.3 is 0 Å². The summed E-state index contributed by atoms with van der Waals surface area (Å²) < 4.78 is 5.65. The number of aliphatic hydroxyl groups is 1. The first-order chi connectivity index (χ1) is 12.3. The van der Waals surface area contributed by atoms with Gasteiger partial charge in [-0.2, -0.15) is 5.10 Å². The smallest absolute Gasteiger partial charge is 0.233 e. The van der Waals surface area contributed by atoms with Crippen LogP contribution in [0.15, 0.2) is 66.7 Å². The first-order valence-corrected chi connectivity index (χ1v) is 8.51. The van der Waals surface area contributed by atoms with Gasteiger partial charge in [-0.05, 0) is 42.0 Å². The molecule has 0 amide bonds. The average molecular weight is 334 g/mol. The van der Waals surface area contributed by atoms with E-state index >= 15 is 0 Å². The van der Waals surface area contributed by atoms with Crippen LogP contribution in [0, 0.1) is 0 Å².